The molecule has 0 radical (unpaired) electrons. The van der Waals surface area contributed by atoms with Crippen LogP contribution in [0.5, 0.6) is 0 Å². The first-order valence-electron chi connectivity index (χ1n) is 5.70. The van der Waals surface area contributed by atoms with E-state index in [-0.39, 0.29) is 0 Å². The average molecular weight is 247 g/mol. The third-order valence-electron chi connectivity index (χ3n) is 2.71. The summed E-state index contributed by atoms with van der Waals surface area (Å²) < 4.78 is 0. The zero-order chi connectivity index (χ0) is 13.1. The predicted octanol–water partition coefficient (Wildman–Crippen LogP) is 2.64. The van der Waals surface area contributed by atoms with Gasteiger partial charge in [0.2, 0.25) is 0 Å². The molecule has 3 rings (SSSR count). The highest BCUT2D eigenvalue weighted by Crippen LogP contribution is 2.21. The van der Waals surface area contributed by atoms with Crippen molar-refractivity contribution in [3.63, 3.8) is 0 Å². The molecule has 0 aliphatic carbocycles. The maximum atomic E-state index is 9.00. The van der Waals surface area contributed by atoms with Crippen LogP contribution in [0.15, 0.2) is 48.8 Å². The van der Waals surface area contributed by atoms with Crippen molar-refractivity contribution in [3.05, 3.63) is 54.4 Å². The minimum atomic E-state index is 0.452. The molecule has 2 heterocycles. The molecule has 19 heavy (non-hydrogen) atoms. The summed E-state index contributed by atoms with van der Waals surface area (Å²) in [5.74, 6) is 0.452. The van der Waals surface area contributed by atoms with E-state index in [0.29, 0.717) is 11.4 Å². The van der Waals surface area contributed by atoms with Gasteiger partial charge in [0.05, 0.1) is 17.3 Å². The summed E-state index contributed by atoms with van der Waals surface area (Å²) in [7, 11) is 0. The van der Waals surface area contributed by atoms with Gasteiger partial charge in [-0.25, -0.2) is 0 Å². The van der Waals surface area contributed by atoms with E-state index in [4.69, 9.17) is 5.26 Å². The van der Waals surface area contributed by atoms with Crippen LogP contribution in [-0.2, 0) is 0 Å². The normalized spacial score (nSPS) is 10.1. The maximum absolute atomic E-state index is 9.00. The molecule has 1 N–H and O–H groups in total. The van der Waals surface area contributed by atoms with E-state index >= 15 is 0 Å². The molecule has 2 aromatic heterocycles. The molecule has 0 aliphatic heterocycles. The highest BCUT2D eigenvalue weighted by atomic mass is 15.2. The molecular weight excluding hydrogens is 238 g/mol. The molecule has 5 nitrogen and oxygen atoms in total. The summed E-state index contributed by atoms with van der Waals surface area (Å²) in [6, 6.07) is 13.3. The SMILES string of the molecule is N#Cc1ccnnc1Nc1ccc2ncccc2c1. The van der Waals surface area contributed by atoms with Gasteiger partial charge in [-0.15, -0.1) is 5.10 Å². The Labute approximate surface area is 109 Å². The molecule has 3 aromatic rings. The number of hydrogen-bond acceptors (Lipinski definition) is 5. The van der Waals surface area contributed by atoms with Crippen LogP contribution in [-0.4, -0.2) is 15.2 Å². The fourth-order valence-corrected chi connectivity index (χ4v) is 1.80. The third-order valence-corrected chi connectivity index (χ3v) is 2.71. The minimum Gasteiger partial charge on any atom is -0.338 e. The highest BCUT2D eigenvalue weighted by Gasteiger charge is 2.04. The van der Waals surface area contributed by atoms with E-state index in [0.717, 1.165) is 16.6 Å². The molecule has 90 valence electrons. The number of nitrogens with zero attached hydrogens (tertiary/aromatic N) is 4. The van der Waals surface area contributed by atoms with Crippen molar-refractivity contribution in [2.45, 2.75) is 0 Å². The molecule has 0 unspecified atom stereocenters. The summed E-state index contributed by atoms with van der Waals surface area (Å²) in [6.45, 7) is 0. The summed E-state index contributed by atoms with van der Waals surface area (Å²) in [6.07, 6.45) is 3.25. The minimum absolute atomic E-state index is 0.452. The largest absolute Gasteiger partial charge is 0.338 e. The lowest BCUT2D eigenvalue weighted by molar-refractivity contribution is 1.03. The highest BCUT2D eigenvalue weighted by molar-refractivity contribution is 5.83. The van der Waals surface area contributed by atoms with Crippen molar-refractivity contribution in [1.82, 2.24) is 15.2 Å². The number of aromatic nitrogens is 3. The summed E-state index contributed by atoms with van der Waals surface area (Å²) in [5.41, 5.74) is 2.23. The number of anilines is 2. The van der Waals surface area contributed by atoms with Gasteiger partial charge in [-0.3, -0.25) is 4.98 Å². The number of nitrogens with one attached hydrogen (secondary N) is 1. The maximum Gasteiger partial charge on any atom is 0.171 e. The molecule has 0 aliphatic rings. The van der Waals surface area contributed by atoms with Gasteiger partial charge in [0.15, 0.2) is 5.82 Å². The number of rotatable bonds is 2. The van der Waals surface area contributed by atoms with Crippen LogP contribution in [0.1, 0.15) is 5.56 Å². The first-order valence-corrected chi connectivity index (χ1v) is 5.70. The van der Waals surface area contributed by atoms with E-state index in [1.54, 1.807) is 12.3 Å². The second-order valence-electron chi connectivity index (χ2n) is 3.94. The molecule has 5 heteroatoms. The van der Waals surface area contributed by atoms with Crippen LogP contribution in [0.25, 0.3) is 10.9 Å². The van der Waals surface area contributed by atoms with Gasteiger partial charge in [-0.2, -0.15) is 10.4 Å². The average Bonchev–Trinajstić information content (AvgIpc) is 2.48. The molecule has 0 bridgehead atoms. The molecule has 1 aromatic carbocycles. The Bertz CT molecular complexity index is 776. The summed E-state index contributed by atoms with van der Waals surface area (Å²) >= 11 is 0. The topological polar surface area (TPSA) is 74.5 Å². The Hall–Kier alpha value is -3.00. The Kier molecular flexibility index (Phi) is 2.75. The third kappa shape index (κ3) is 2.19. The fourth-order valence-electron chi connectivity index (χ4n) is 1.80. The van der Waals surface area contributed by atoms with Crippen LogP contribution >= 0.6 is 0 Å². The lowest BCUT2D eigenvalue weighted by atomic mass is 10.2. The molecular formula is C14H9N5. The van der Waals surface area contributed by atoms with E-state index in [1.165, 1.54) is 6.20 Å². The van der Waals surface area contributed by atoms with Gasteiger partial charge in [-0.05, 0) is 30.3 Å². The quantitative estimate of drug-likeness (QED) is 0.753. The van der Waals surface area contributed by atoms with Crippen LogP contribution in [0.4, 0.5) is 11.5 Å². The standard InChI is InChI=1S/C14H9N5/c15-9-11-5-7-17-19-14(11)18-12-3-4-13-10(8-12)2-1-6-16-13/h1-8H,(H,18,19). The Morgan fingerprint density at radius 2 is 2.05 bits per heavy atom. The molecule has 0 amide bonds. The Morgan fingerprint density at radius 1 is 1.11 bits per heavy atom. The van der Waals surface area contributed by atoms with Gasteiger partial charge in [0.25, 0.3) is 0 Å². The van der Waals surface area contributed by atoms with Gasteiger partial charge < -0.3 is 5.32 Å². The first kappa shape index (κ1) is 11.1. The molecule has 0 saturated carbocycles. The number of benzene rings is 1. The van der Waals surface area contributed by atoms with Crippen LogP contribution in [0.2, 0.25) is 0 Å². The number of hydrogen-bond donors (Lipinski definition) is 1. The number of nitriles is 1. The van der Waals surface area contributed by atoms with Crippen molar-refractivity contribution in [2.24, 2.45) is 0 Å². The van der Waals surface area contributed by atoms with Crippen LogP contribution in [0.3, 0.4) is 0 Å². The summed E-state index contributed by atoms with van der Waals surface area (Å²) in [5, 5.41) is 20.8. The van der Waals surface area contributed by atoms with E-state index in [9.17, 15) is 0 Å². The molecule has 0 saturated heterocycles. The van der Waals surface area contributed by atoms with Crippen LogP contribution < -0.4 is 5.32 Å². The first-order chi connectivity index (χ1) is 9.36. The second-order valence-corrected chi connectivity index (χ2v) is 3.94. The van der Waals surface area contributed by atoms with Gasteiger partial charge in [0.1, 0.15) is 6.07 Å². The van der Waals surface area contributed by atoms with Crippen molar-refractivity contribution >= 4 is 22.4 Å². The molecule has 0 atom stereocenters. The van der Waals surface area contributed by atoms with Crippen molar-refractivity contribution in [3.8, 4) is 6.07 Å². The van der Waals surface area contributed by atoms with Gasteiger partial charge >= 0.3 is 0 Å². The van der Waals surface area contributed by atoms with Crippen LogP contribution in [0, 0.1) is 11.3 Å². The smallest absolute Gasteiger partial charge is 0.171 e. The number of fused-ring (bicyclic) bond motifs is 1. The van der Waals surface area contributed by atoms with Crippen molar-refractivity contribution in [1.29, 1.82) is 5.26 Å². The summed E-state index contributed by atoms with van der Waals surface area (Å²) in [4.78, 5) is 4.25. The lowest BCUT2D eigenvalue weighted by Gasteiger charge is -2.06. The van der Waals surface area contributed by atoms with E-state index < -0.39 is 0 Å². The van der Waals surface area contributed by atoms with Gasteiger partial charge in [0, 0.05) is 17.3 Å². The van der Waals surface area contributed by atoms with Crippen molar-refractivity contribution < 1.29 is 0 Å². The number of pyridine rings is 1. The Morgan fingerprint density at radius 3 is 2.95 bits per heavy atom. The van der Waals surface area contributed by atoms with E-state index in [1.807, 2.05) is 30.3 Å². The molecule has 0 spiro atoms. The predicted molar refractivity (Wildman–Crippen MR) is 71.8 cm³/mol. The van der Waals surface area contributed by atoms with Crippen molar-refractivity contribution in [2.75, 3.05) is 5.32 Å². The van der Waals surface area contributed by atoms with E-state index in [2.05, 4.69) is 26.6 Å². The molecule has 0 fully saturated rings. The van der Waals surface area contributed by atoms with Gasteiger partial charge in [-0.1, -0.05) is 6.07 Å². The fraction of sp³-hybridized carbons (Fsp3) is 0. The monoisotopic (exact) mass is 247 g/mol. The Balaban J connectivity index is 1.99. The zero-order valence-corrected chi connectivity index (χ0v) is 9.91. The zero-order valence-electron chi connectivity index (χ0n) is 9.91. The lowest BCUT2D eigenvalue weighted by Crippen LogP contribution is -1.98. The second kappa shape index (κ2) is 4.70.